The van der Waals surface area contributed by atoms with Gasteiger partial charge < -0.3 is 11.5 Å². The Bertz CT molecular complexity index is 354. The number of hydrogen-bond donors (Lipinski definition) is 2. The van der Waals surface area contributed by atoms with Gasteiger partial charge in [0.15, 0.2) is 0 Å². The first-order valence-electron chi connectivity index (χ1n) is 5.23. The monoisotopic (exact) mass is 224 g/mol. The Kier molecular flexibility index (Phi) is 3.43. The van der Waals surface area contributed by atoms with E-state index in [1.54, 1.807) is 0 Å². The van der Waals surface area contributed by atoms with Crippen molar-refractivity contribution in [1.82, 2.24) is 9.97 Å². The van der Waals surface area contributed by atoms with Crippen molar-refractivity contribution < 1.29 is 0 Å². The van der Waals surface area contributed by atoms with Crippen LogP contribution in [0.25, 0.3) is 0 Å². The molecule has 2 heterocycles. The number of rotatable bonds is 3. The summed E-state index contributed by atoms with van der Waals surface area (Å²) >= 11 is 1.90. The van der Waals surface area contributed by atoms with Crippen molar-refractivity contribution in [3.8, 4) is 0 Å². The number of fused-ring (bicyclic) bond motifs is 1. The van der Waals surface area contributed by atoms with Gasteiger partial charge in [0.05, 0.1) is 5.69 Å². The molecule has 1 aliphatic rings. The second kappa shape index (κ2) is 4.81. The molecular formula is C10H16N4S. The van der Waals surface area contributed by atoms with Crippen LogP contribution in [0.15, 0.2) is 0 Å². The van der Waals surface area contributed by atoms with Gasteiger partial charge in [-0.2, -0.15) is 11.8 Å². The molecule has 5 heteroatoms. The average molecular weight is 224 g/mol. The van der Waals surface area contributed by atoms with Crippen LogP contribution in [-0.2, 0) is 18.6 Å². The fraction of sp³-hybridized carbons (Fsp3) is 0.600. The summed E-state index contributed by atoms with van der Waals surface area (Å²) in [6, 6.07) is 0. The third-order valence-electron chi connectivity index (χ3n) is 2.51. The van der Waals surface area contributed by atoms with Gasteiger partial charge in [0.1, 0.15) is 11.6 Å². The summed E-state index contributed by atoms with van der Waals surface area (Å²) in [5.41, 5.74) is 13.7. The molecule has 4 nitrogen and oxygen atoms in total. The molecular weight excluding hydrogens is 208 g/mol. The fourth-order valence-corrected chi connectivity index (χ4v) is 2.68. The molecule has 0 aromatic carbocycles. The largest absolute Gasteiger partial charge is 0.383 e. The lowest BCUT2D eigenvalue weighted by Crippen LogP contribution is -2.14. The van der Waals surface area contributed by atoms with E-state index in [9.17, 15) is 0 Å². The maximum Gasteiger partial charge on any atom is 0.131 e. The minimum absolute atomic E-state index is 0.666. The Hall–Kier alpha value is -0.810. The minimum atomic E-state index is 0.666. The van der Waals surface area contributed by atoms with Gasteiger partial charge in [-0.1, -0.05) is 0 Å². The average Bonchev–Trinajstić information content (AvgIpc) is 2.26. The Morgan fingerprint density at radius 2 is 2.20 bits per heavy atom. The van der Waals surface area contributed by atoms with Crippen molar-refractivity contribution in [1.29, 1.82) is 0 Å². The summed E-state index contributed by atoms with van der Waals surface area (Å²) in [5, 5.41) is 0. The van der Waals surface area contributed by atoms with E-state index in [4.69, 9.17) is 11.5 Å². The molecule has 0 saturated heterocycles. The topological polar surface area (TPSA) is 77.8 Å². The van der Waals surface area contributed by atoms with E-state index < -0.39 is 0 Å². The summed E-state index contributed by atoms with van der Waals surface area (Å²) in [6.45, 7) is 0.677. The zero-order valence-corrected chi connectivity index (χ0v) is 9.52. The Labute approximate surface area is 93.9 Å². The molecule has 1 aromatic heterocycles. The first-order chi connectivity index (χ1) is 7.31. The summed E-state index contributed by atoms with van der Waals surface area (Å²) in [7, 11) is 0. The number of anilines is 1. The van der Waals surface area contributed by atoms with Crippen molar-refractivity contribution in [2.45, 2.75) is 25.0 Å². The zero-order chi connectivity index (χ0) is 10.7. The van der Waals surface area contributed by atoms with Crippen LogP contribution < -0.4 is 11.5 Å². The highest BCUT2D eigenvalue weighted by Gasteiger charge is 2.15. The van der Waals surface area contributed by atoms with E-state index in [1.807, 2.05) is 11.8 Å². The van der Waals surface area contributed by atoms with Gasteiger partial charge in [-0.25, -0.2) is 9.97 Å². The van der Waals surface area contributed by atoms with Crippen LogP contribution >= 0.6 is 11.8 Å². The molecule has 0 bridgehead atoms. The number of nitrogens with zero attached hydrogens (tertiary/aromatic N) is 2. The Morgan fingerprint density at radius 1 is 1.33 bits per heavy atom. The van der Waals surface area contributed by atoms with Crippen molar-refractivity contribution in [3.63, 3.8) is 0 Å². The van der Waals surface area contributed by atoms with Crippen molar-refractivity contribution in [2.24, 2.45) is 5.73 Å². The minimum Gasteiger partial charge on any atom is -0.383 e. The second-order valence-corrected chi connectivity index (χ2v) is 4.75. The molecule has 0 unspecified atom stereocenters. The van der Waals surface area contributed by atoms with E-state index in [0.29, 0.717) is 12.4 Å². The van der Waals surface area contributed by atoms with Crippen LogP contribution in [0.5, 0.6) is 0 Å². The molecule has 0 saturated carbocycles. The zero-order valence-electron chi connectivity index (χ0n) is 8.70. The van der Waals surface area contributed by atoms with Gasteiger partial charge in [-0.15, -0.1) is 0 Å². The summed E-state index contributed by atoms with van der Waals surface area (Å²) in [6.07, 6.45) is 2.77. The van der Waals surface area contributed by atoms with Crippen molar-refractivity contribution in [2.75, 3.05) is 18.0 Å². The molecule has 0 fully saturated rings. The number of hydrogen-bond acceptors (Lipinski definition) is 5. The van der Waals surface area contributed by atoms with Crippen LogP contribution in [0.4, 0.5) is 5.82 Å². The van der Waals surface area contributed by atoms with Gasteiger partial charge in [0, 0.05) is 17.7 Å². The SMILES string of the molecule is NCCCc1nc(N)c2c(n1)CCSC2. The number of aromatic nitrogens is 2. The molecule has 0 atom stereocenters. The summed E-state index contributed by atoms with van der Waals surface area (Å²) in [5.74, 6) is 3.61. The number of nitrogen functional groups attached to an aromatic ring is 1. The van der Waals surface area contributed by atoms with Gasteiger partial charge in [0.25, 0.3) is 0 Å². The van der Waals surface area contributed by atoms with Gasteiger partial charge in [0.2, 0.25) is 0 Å². The quantitative estimate of drug-likeness (QED) is 0.791. The van der Waals surface area contributed by atoms with E-state index in [0.717, 1.165) is 47.8 Å². The number of aryl methyl sites for hydroxylation is 2. The first-order valence-corrected chi connectivity index (χ1v) is 6.38. The molecule has 82 valence electrons. The maximum atomic E-state index is 5.92. The van der Waals surface area contributed by atoms with Gasteiger partial charge in [-0.05, 0) is 25.1 Å². The Morgan fingerprint density at radius 3 is 3.00 bits per heavy atom. The number of nitrogens with two attached hydrogens (primary N) is 2. The first kappa shape index (κ1) is 10.7. The predicted molar refractivity (Wildman–Crippen MR) is 63.7 cm³/mol. The molecule has 0 aliphatic carbocycles. The normalized spacial score (nSPS) is 15.0. The highest BCUT2D eigenvalue weighted by Crippen LogP contribution is 2.26. The second-order valence-electron chi connectivity index (χ2n) is 3.65. The van der Waals surface area contributed by atoms with Gasteiger partial charge in [-0.3, -0.25) is 0 Å². The molecule has 0 amide bonds. The summed E-state index contributed by atoms with van der Waals surface area (Å²) in [4.78, 5) is 8.87. The lowest BCUT2D eigenvalue weighted by molar-refractivity contribution is 0.766. The maximum absolute atomic E-state index is 5.92. The van der Waals surface area contributed by atoms with E-state index in [1.165, 1.54) is 0 Å². The molecule has 0 spiro atoms. The summed E-state index contributed by atoms with van der Waals surface area (Å²) < 4.78 is 0. The van der Waals surface area contributed by atoms with Crippen LogP contribution in [0.2, 0.25) is 0 Å². The van der Waals surface area contributed by atoms with Crippen LogP contribution in [0.3, 0.4) is 0 Å². The van der Waals surface area contributed by atoms with Gasteiger partial charge >= 0.3 is 0 Å². The van der Waals surface area contributed by atoms with Crippen LogP contribution in [0, 0.1) is 0 Å². The molecule has 4 N–H and O–H groups in total. The van der Waals surface area contributed by atoms with E-state index in [-0.39, 0.29) is 0 Å². The lowest BCUT2D eigenvalue weighted by atomic mass is 10.1. The highest BCUT2D eigenvalue weighted by molar-refractivity contribution is 7.98. The molecule has 0 radical (unpaired) electrons. The van der Waals surface area contributed by atoms with Crippen LogP contribution in [-0.4, -0.2) is 22.3 Å². The van der Waals surface area contributed by atoms with E-state index >= 15 is 0 Å². The molecule has 2 rings (SSSR count). The smallest absolute Gasteiger partial charge is 0.131 e. The van der Waals surface area contributed by atoms with Crippen molar-refractivity contribution >= 4 is 17.6 Å². The standard InChI is InChI=1S/C10H16N4S/c11-4-1-2-9-13-8-3-5-15-6-7(8)10(12)14-9/h1-6,11H2,(H2,12,13,14). The lowest BCUT2D eigenvalue weighted by Gasteiger charge is -2.16. The van der Waals surface area contributed by atoms with E-state index in [2.05, 4.69) is 9.97 Å². The third kappa shape index (κ3) is 2.41. The predicted octanol–water partition coefficient (Wildman–Crippen LogP) is 0.739. The molecule has 1 aliphatic heterocycles. The fourth-order valence-electron chi connectivity index (χ4n) is 1.68. The number of thioether (sulfide) groups is 1. The third-order valence-corrected chi connectivity index (χ3v) is 3.49. The van der Waals surface area contributed by atoms with Crippen LogP contribution in [0.1, 0.15) is 23.5 Å². The molecule has 1 aromatic rings. The molecule has 15 heavy (non-hydrogen) atoms. The highest BCUT2D eigenvalue weighted by atomic mass is 32.2. The Balaban J connectivity index is 2.24. The van der Waals surface area contributed by atoms with Crippen molar-refractivity contribution in [3.05, 3.63) is 17.1 Å².